The second-order valence-corrected chi connectivity index (χ2v) is 19.6. The summed E-state index contributed by atoms with van der Waals surface area (Å²) in [6, 6.07) is -0.549. The highest BCUT2D eigenvalue weighted by Crippen LogP contribution is 2.17. The first-order valence-electron chi connectivity index (χ1n) is 28.4. The first-order valence-corrected chi connectivity index (χ1v) is 28.4. The lowest BCUT2D eigenvalue weighted by atomic mass is 10.0. The van der Waals surface area contributed by atoms with E-state index in [-0.39, 0.29) is 18.5 Å². The fourth-order valence-electron chi connectivity index (χ4n) is 8.93. The molecule has 0 aromatic carbocycles. The van der Waals surface area contributed by atoms with Crippen molar-refractivity contribution in [1.29, 1.82) is 0 Å². The topological polar surface area (TPSA) is 95.9 Å². The molecule has 374 valence electrons. The van der Waals surface area contributed by atoms with Gasteiger partial charge in [-0.1, -0.05) is 264 Å². The number of hydrogen-bond acceptors (Lipinski definition) is 5. The summed E-state index contributed by atoms with van der Waals surface area (Å²) in [6.07, 6.45) is 62.0. The molecule has 2 atom stereocenters. The van der Waals surface area contributed by atoms with Crippen molar-refractivity contribution in [3.63, 3.8) is 0 Å². The van der Waals surface area contributed by atoms with Gasteiger partial charge in [0.05, 0.1) is 25.4 Å². The zero-order valence-corrected chi connectivity index (χ0v) is 42.6. The zero-order chi connectivity index (χ0) is 45.8. The number of esters is 1. The molecule has 1 amide bonds. The van der Waals surface area contributed by atoms with Crippen LogP contribution in [0, 0.1) is 0 Å². The van der Waals surface area contributed by atoms with Crippen molar-refractivity contribution in [3.05, 3.63) is 12.2 Å². The number of ether oxygens (including phenoxy) is 1. The first-order chi connectivity index (χ1) is 31.0. The van der Waals surface area contributed by atoms with Crippen LogP contribution in [0.5, 0.6) is 0 Å². The fourth-order valence-corrected chi connectivity index (χ4v) is 8.93. The van der Waals surface area contributed by atoms with Crippen LogP contribution in [0.2, 0.25) is 0 Å². The van der Waals surface area contributed by atoms with Gasteiger partial charge in [0.15, 0.2) is 0 Å². The van der Waals surface area contributed by atoms with Gasteiger partial charge in [-0.05, 0) is 51.4 Å². The maximum absolute atomic E-state index is 12.4. The molecule has 0 spiro atoms. The molecule has 0 rings (SSSR count). The largest absolute Gasteiger partial charge is 0.466 e. The summed E-state index contributed by atoms with van der Waals surface area (Å²) in [7, 11) is 0. The van der Waals surface area contributed by atoms with Crippen molar-refractivity contribution >= 4 is 11.9 Å². The molecule has 0 fully saturated rings. The second kappa shape index (κ2) is 53.2. The molecule has 6 nitrogen and oxygen atoms in total. The summed E-state index contributed by atoms with van der Waals surface area (Å²) in [5.41, 5.74) is 0. The lowest BCUT2D eigenvalue weighted by Gasteiger charge is -2.22. The number of allylic oxidation sites excluding steroid dienone is 2. The Kier molecular flexibility index (Phi) is 52.0. The van der Waals surface area contributed by atoms with Gasteiger partial charge < -0.3 is 20.3 Å². The zero-order valence-electron chi connectivity index (χ0n) is 42.6. The standard InChI is InChI=1S/C57H111NO5/c1-3-5-7-9-11-13-15-17-18-23-27-31-35-39-43-47-51-57(62)63-52-48-44-40-36-32-28-24-21-19-20-22-26-30-34-38-42-46-50-56(61)58-54(53-59)55(60)49-45-41-37-33-29-25-16-14-12-10-8-6-4-2/h19,21,54-55,59-60H,3-18,20,22-53H2,1-2H3,(H,58,61)/b21-19-. The Bertz CT molecular complexity index is 939. The summed E-state index contributed by atoms with van der Waals surface area (Å²) in [5.74, 6) is -0.0439. The smallest absolute Gasteiger partial charge is 0.305 e. The van der Waals surface area contributed by atoms with Gasteiger partial charge in [0.25, 0.3) is 0 Å². The summed E-state index contributed by atoms with van der Waals surface area (Å²) in [6.45, 7) is 4.95. The summed E-state index contributed by atoms with van der Waals surface area (Å²) < 4.78 is 5.48. The molecule has 0 aromatic rings. The predicted molar refractivity (Wildman–Crippen MR) is 273 cm³/mol. The van der Waals surface area contributed by atoms with Crippen LogP contribution in [0.3, 0.4) is 0 Å². The van der Waals surface area contributed by atoms with Gasteiger partial charge in [-0.15, -0.1) is 0 Å². The maximum Gasteiger partial charge on any atom is 0.305 e. The fraction of sp³-hybridized carbons (Fsp3) is 0.930. The number of unbranched alkanes of at least 4 members (excludes halogenated alkanes) is 40. The molecule has 0 saturated heterocycles. The Morgan fingerprint density at radius 2 is 0.746 bits per heavy atom. The van der Waals surface area contributed by atoms with Crippen molar-refractivity contribution < 1.29 is 24.5 Å². The number of aliphatic hydroxyl groups is 2. The molecule has 0 bridgehead atoms. The molecule has 0 aliphatic rings. The van der Waals surface area contributed by atoms with Crippen LogP contribution in [-0.4, -0.2) is 47.4 Å². The van der Waals surface area contributed by atoms with Gasteiger partial charge in [-0.2, -0.15) is 0 Å². The van der Waals surface area contributed by atoms with Gasteiger partial charge in [-0.25, -0.2) is 0 Å². The number of nitrogens with one attached hydrogen (secondary N) is 1. The van der Waals surface area contributed by atoms with E-state index in [0.717, 1.165) is 51.4 Å². The number of carbonyl (C=O) groups excluding carboxylic acids is 2. The average Bonchev–Trinajstić information content (AvgIpc) is 3.28. The quantitative estimate of drug-likeness (QED) is 0.0321. The Morgan fingerprint density at radius 3 is 1.13 bits per heavy atom. The van der Waals surface area contributed by atoms with Crippen LogP contribution in [0.1, 0.15) is 316 Å². The molecule has 6 heteroatoms. The minimum absolute atomic E-state index is 0.00203. The molecule has 0 aromatic heterocycles. The molecule has 0 heterocycles. The van der Waals surface area contributed by atoms with E-state index in [1.807, 2.05) is 0 Å². The van der Waals surface area contributed by atoms with Crippen LogP contribution in [0.25, 0.3) is 0 Å². The van der Waals surface area contributed by atoms with Crippen LogP contribution < -0.4 is 5.32 Å². The minimum Gasteiger partial charge on any atom is -0.466 e. The number of hydrogen-bond donors (Lipinski definition) is 3. The summed E-state index contributed by atoms with van der Waals surface area (Å²) >= 11 is 0. The van der Waals surface area contributed by atoms with Gasteiger partial charge in [-0.3, -0.25) is 9.59 Å². The van der Waals surface area contributed by atoms with E-state index in [1.165, 1.54) is 231 Å². The molecule has 3 N–H and O–H groups in total. The molecule has 0 aliphatic carbocycles. The monoisotopic (exact) mass is 890 g/mol. The third-order valence-corrected chi connectivity index (χ3v) is 13.3. The van der Waals surface area contributed by atoms with Crippen molar-refractivity contribution in [2.75, 3.05) is 13.2 Å². The molecule has 0 saturated carbocycles. The van der Waals surface area contributed by atoms with E-state index in [1.54, 1.807) is 0 Å². The van der Waals surface area contributed by atoms with Gasteiger partial charge in [0, 0.05) is 12.8 Å². The van der Waals surface area contributed by atoms with Crippen LogP contribution in [0.15, 0.2) is 12.2 Å². The number of carbonyl (C=O) groups is 2. The number of aliphatic hydroxyl groups excluding tert-OH is 2. The van der Waals surface area contributed by atoms with Crippen molar-refractivity contribution in [2.45, 2.75) is 328 Å². The molecule has 2 unspecified atom stereocenters. The maximum atomic E-state index is 12.4. The highest BCUT2D eigenvalue weighted by Gasteiger charge is 2.20. The molecule has 63 heavy (non-hydrogen) atoms. The van der Waals surface area contributed by atoms with E-state index in [0.29, 0.717) is 25.9 Å². The molecular weight excluding hydrogens is 779 g/mol. The van der Waals surface area contributed by atoms with E-state index in [9.17, 15) is 19.8 Å². The highest BCUT2D eigenvalue weighted by atomic mass is 16.5. The first kappa shape index (κ1) is 61.6. The van der Waals surface area contributed by atoms with Gasteiger partial charge in [0.1, 0.15) is 0 Å². The van der Waals surface area contributed by atoms with Crippen LogP contribution in [-0.2, 0) is 14.3 Å². The highest BCUT2D eigenvalue weighted by molar-refractivity contribution is 5.76. The predicted octanol–water partition coefficient (Wildman–Crippen LogP) is 17.3. The summed E-state index contributed by atoms with van der Waals surface area (Å²) in [5, 5.41) is 23.2. The Labute approximate surface area is 393 Å². The molecule has 0 aliphatic heterocycles. The Morgan fingerprint density at radius 1 is 0.429 bits per heavy atom. The summed E-state index contributed by atoms with van der Waals surface area (Å²) in [4.78, 5) is 24.5. The Hall–Kier alpha value is -1.40. The van der Waals surface area contributed by atoms with E-state index < -0.39 is 12.1 Å². The molecule has 0 radical (unpaired) electrons. The third kappa shape index (κ3) is 49.9. The second-order valence-electron chi connectivity index (χ2n) is 19.6. The Balaban J connectivity index is 3.43. The van der Waals surface area contributed by atoms with Crippen molar-refractivity contribution in [3.8, 4) is 0 Å². The number of rotatable bonds is 53. The van der Waals surface area contributed by atoms with Crippen molar-refractivity contribution in [2.24, 2.45) is 0 Å². The van der Waals surface area contributed by atoms with Crippen LogP contribution in [0.4, 0.5) is 0 Å². The average molecular weight is 891 g/mol. The lowest BCUT2D eigenvalue weighted by Crippen LogP contribution is -2.45. The van der Waals surface area contributed by atoms with Crippen LogP contribution >= 0.6 is 0 Å². The SMILES string of the molecule is CCCCCCCCCCCCCCCCCCC(=O)OCCCCCCCC/C=C\CCCCCCCCCC(=O)NC(CO)C(O)CCCCCCCCCCCCCCC. The minimum atomic E-state index is -0.670. The van der Waals surface area contributed by atoms with Gasteiger partial charge >= 0.3 is 5.97 Å². The van der Waals surface area contributed by atoms with Gasteiger partial charge in [0.2, 0.25) is 5.91 Å². The van der Waals surface area contributed by atoms with E-state index >= 15 is 0 Å². The van der Waals surface area contributed by atoms with E-state index in [4.69, 9.17) is 4.74 Å². The normalized spacial score (nSPS) is 12.6. The molecular formula is C57H111NO5. The lowest BCUT2D eigenvalue weighted by molar-refractivity contribution is -0.143. The third-order valence-electron chi connectivity index (χ3n) is 13.3. The van der Waals surface area contributed by atoms with E-state index in [2.05, 4.69) is 31.3 Å². The van der Waals surface area contributed by atoms with Crippen molar-refractivity contribution in [1.82, 2.24) is 5.32 Å². The number of amides is 1.